The lowest BCUT2D eigenvalue weighted by molar-refractivity contribution is -0.181. The van der Waals surface area contributed by atoms with Gasteiger partial charge in [-0.3, -0.25) is 9.59 Å². The van der Waals surface area contributed by atoms with Crippen molar-refractivity contribution in [2.24, 2.45) is 0 Å². The molecular weight excluding hydrogens is 430 g/mol. The van der Waals surface area contributed by atoms with Crippen LogP contribution >= 0.6 is 0 Å². The fraction of sp³-hybridized carbons (Fsp3) is 0.167. The minimum absolute atomic E-state index is 0.0127. The minimum Gasteiger partial charge on any atom is -0.452 e. The monoisotopic (exact) mass is 451 g/mol. The van der Waals surface area contributed by atoms with E-state index in [2.05, 4.69) is 0 Å². The zero-order chi connectivity index (χ0) is 23.1. The summed E-state index contributed by atoms with van der Waals surface area (Å²) in [6.07, 6.45) is -1.49. The van der Waals surface area contributed by atoms with Crippen molar-refractivity contribution in [3.8, 4) is 0 Å². The molecule has 1 N–H and O–H groups in total. The third kappa shape index (κ3) is 3.37. The normalized spacial score (nSPS) is 18.8. The number of carbonyl (C=O) groups is 2. The van der Waals surface area contributed by atoms with Crippen LogP contribution in [0.5, 0.6) is 0 Å². The van der Waals surface area contributed by atoms with E-state index in [0.29, 0.717) is 9.87 Å². The molecule has 1 heterocycles. The van der Waals surface area contributed by atoms with E-state index in [9.17, 15) is 23.1 Å². The number of aryl methyl sites for hydroxylation is 1. The number of amides is 1. The molecule has 2 atom stereocenters. The van der Waals surface area contributed by atoms with Crippen LogP contribution in [0.1, 0.15) is 40.1 Å². The summed E-state index contributed by atoms with van der Waals surface area (Å²) in [5.41, 5.74) is -1.28. The third-order valence-corrected chi connectivity index (χ3v) is 7.15. The van der Waals surface area contributed by atoms with Gasteiger partial charge in [0.25, 0.3) is 15.9 Å². The van der Waals surface area contributed by atoms with E-state index in [4.69, 9.17) is 4.74 Å². The van der Waals surface area contributed by atoms with Gasteiger partial charge >= 0.3 is 5.97 Å². The van der Waals surface area contributed by atoms with Crippen molar-refractivity contribution in [1.82, 2.24) is 4.31 Å². The fourth-order valence-electron chi connectivity index (χ4n) is 3.90. The molecule has 0 aromatic heterocycles. The Labute approximate surface area is 185 Å². The van der Waals surface area contributed by atoms with Crippen molar-refractivity contribution in [3.05, 3.63) is 101 Å². The van der Waals surface area contributed by atoms with Gasteiger partial charge in [0, 0.05) is 18.1 Å². The number of fused-ring (bicyclic) bond motifs is 1. The predicted molar refractivity (Wildman–Crippen MR) is 116 cm³/mol. The lowest BCUT2D eigenvalue weighted by atomic mass is 9.92. The maximum absolute atomic E-state index is 13.7. The van der Waals surface area contributed by atoms with Gasteiger partial charge in [0.2, 0.25) is 5.72 Å². The summed E-state index contributed by atoms with van der Waals surface area (Å²) in [6.45, 7) is 2.95. The average molecular weight is 452 g/mol. The minimum atomic E-state index is -4.53. The third-order valence-electron chi connectivity index (χ3n) is 5.36. The molecule has 0 spiro atoms. The maximum atomic E-state index is 13.7. The molecule has 0 unspecified atom stereocenters. The van der Waals surface area contributed by atoms with Crippen molar-refractivity contribution in [3.63, 3.8) is 0 Å². The van der Waals surface area contributed by atoms with Gasteiger partial charge in [-0.25, -0.2) is 8.42 Å². The van der Waals surface area contributed by atoms with Gasteiger partial charge in [0.05, 0.1) is 4.90 Å². The van der Waals surface area contributed by atoms with Crippen molar-refractivity contribution in [2.75, 3.05) is 0 Å². The highest BCUT2D eigenvalue weighted by Gasteiger charge is 2.60. The summed E-state index contributed by atoms with van der Waals surface area (Å²) in [5.74, 6) is -1.64. The van der Waals surface area contributed by atoms with Crippen LogP contribution in [0.15, 0.2) is 83.8 Å². The summed E-state index contributed by atoms with van der Waals surface area (Å²) in [6, 6.07) is 20.2. The van der Waals surface area contributed by atoms with Crippen LogP contribution in [0.2, 0.25) is 0 Å². The SMILES string of the molecule is CC(=O)O[C@@H](c1ccccc1)[C@]1(O)c2ccccc2C(=O)N1S(=O)(=O)c1ccc(C)cc1. The topological polar surface area (TPSA) is 101 Å². The van der Waals surface area contributed by atoms with Crippen molar-refractivity contribution in [1.29, 1.82) is 0 Å². The van der Waals surface area contributed by atoms with Crippen LogP contribution in [0, 0.1) is 6.92 Å². The molecule has 32 heavy (non-hydrogen) atoms. The Morgan fingerprint density at radius 3 is 2.19 bits per heavy atom. The number of esters is 1. The molecule has 1 amide bonds. The highest BCUT2D eigenvalue weighted by Crippen LogP contribution is 2.49. The smallest absolute Gasteiger partial charge is 0.303 e. The van der Waals surface area contributed by atoms with Gasteiger partial charge in [-0.05, 0) is 30.7 Å². The van der Waals surface area contributed by atoms with Crippen molar-refractivity contribution >= 4 is 21.9 Å². The fourth-order valence-corrected chi connectivity index (χ4v) is 5.46. The number of hydrogen-bond donors (Lipinski definition) is 1. The van der Waals surface area contributed by atoms with Crippen LogP contribution in [-0.4, -0.2) is 29.7 Å². The molecule has 0 radical (unpaired) electrons. The number of carbonyl (C=O) groups excluding carboxylic acids is 2. The first-order valence-corrected chi connectivity index (χ1v) is 11.3. The van der Waals surface area contributed by atoms with E-state index >= 15 is 0 Å². The summed E-state index contributed by atoms with van der Waals surface area (Å²) >= 11 is 0. The number of benzene rings is 3. The summed E-state index contributed by atoms with van der Waals surface area (Å²) < 4.78 is 33.2. The number of aliphatic hydroxyl groups is 1. The highest BCUT2D eigenvalue weighted by atomic mass is 32.2. The van der Waals surface area contributed by atoms with E-state index < -0.39 is 33.7 Å². The van der Waals surface area contributed by atoms with Gasteiger partial charge in [0.1, 0.15) is 0 Å². The molecule has 4 rings (SSSR count). The number of ether oxygens (including phenoxy) is 1. The van der Waals surface area contributed by atoms with Gasteiger partial charge in [-0.15, -0.1) is 0 Å². The summed E-state index contributed by atoms with van der Waals surface area (Å²) in [5, 5.41) is 12.0. The quantitative estimate of drug-likeness (QED) is 0.598. The Hall–Kier alpha value is -3.49. The first-order chi connectivity index (χ1) is 15.2. The van der Waals surface area contributed by atoms with Gasteiger partial charge in [0.15, 0.2) is 6.10 Å². The Balaban J connectivity index is 1.99. The van der Waals surface area contributed by atoms with E-state index in [1.165, 1.54) is 24.3 Å². The molecule has 3 aromatic rings. The van der Waals surface area contributed by atoms with Gasteiger partial charge in [-0.2, -0.15) is 4.31 Å². The number of rotatable bonds is 5. The molecule has 0 bridgehead atoms. The zero-order valence-electron chi connectivity index (χ0n) is 17.4. The standard InChI is InChI=1S/C24H21NO6S/c1-16-12-14-19(15-13-16)32(29,30)25-23(27)20-10-6-7-11-21(20)24(25,28)22(31-17(2)26)18-8-4-3-5-9-18/h3-15,22,28H,1-2H3/t22-,24+/m0/s1. The van der Waals surface area contributed by atoms with Gasteiger partial charge in [-0.1, -0.05) is 66.2 Å². The van der Waals surface area contributed by atoms with E-state index in [1.807, 2.05) is 0 Å². The van der Waals surface area contributed by atoms with Crippen molar-refractivity contribution < 1.29 is 27.9 Å². The van der Waals surface area contributed by atoms with Crippen LogP contribution in [0.3, 0.4) is 0 Å². The molecule has 164 valence electrons. The molecule has 0 saturated heterocycles. The van der Waals surface area contributed by atoms with Crippen LogP contribution in [0.4, 0.5) is 0 Å². The predicted octanol–water partition coefficient (Wildman–Crippen LogP) is 3.29. The molecule has 0 aliphatic carbocycles. The van der Waals surface area contributed by atoms with E-state index in [1.54, 1.807) is 61.5 Å². The second-order valence-electron chi connectivity index (χ2n) is 7.56. The van der Waals surface area contributed by atoms with Gasteiger partial charge < -0.3 is 9.84 Å². The Morgan fingerprint density at radius 1 is 0.969 bits per heavy atom. The first-order valence-electron chi connectivity index (χ1n) is 9.88. The average Bonchev–Trinajstić information content (AvgIpc) is 3.01. The second kappa shape index (κ2) is 7.89. The molecule has 0 saturated carbocycles. The Morgan fingerprint density at radius 2 is 1.56 bits per heavy atom. The lowest BCUT2D eigenvalue weighted by Crippen LogP contribution is -2.52. The van der Waals surface area contributed by atoms with Crippen molar-refractivity contribution in [2.45, 2.75) is 30.6 Å². The Kier molecular flexibility index (Phi) is 5.36. The molecule has 8 heteroatoms. The van der Waals surface area contributed by atoms with Crippen LogP contribution < -0.4 is 0 Å². The molecule has 1 aliphatic heterocycles. The highest BCUT2D eigenvalue weighted by molar-refractivity contribution is 7.89. The zero-order valence-corrected chi connectivity index (χ0v) is 18.2. The summed E-state index contributed by atoms with van der Waals surface area (Å²) in [7, 11) is -4.53. The number of sulfonamides is 1. The molecule has 1 aliphatic rings. The largest absolute Gasteiger partial charge is 0.452 e. The number of nitrogens with zero attached hydrogens (tertiary/aromatic N) is 1. The molecule has 3 aromatic carbocycles. The van der Waals surface area contributed by atoms with Crippen LogP contribution in [0.25, 0.3) is 0 Å². The summed E-state index contributed by atoms with van der Waals surface area (Å²) in [4.78, 5) is 25.2. The van der Waals surface area contributed by atoms with E-state index in [-0.39, 0.29) is 16.0 Å². The molecular formula is C24H21NO6S. The Bertz CT molecular complexity index is 1290. The molecule has 0 fully saturated rings. The van der Waals surface area contributed by atoms with Crippen LogP contribution in [-0.2, 0) is 25.3 Å². The lowest BCUT2D eigenvalue weighted by Gasteiger charge is -2.38. The maximum Gasteiger partial charge on any atom is 0.303 e. The number of hydrogen-bond acceptors (Lipinski definition) is 6. The molecule has 7 nitrogen and oxygen atoms in total. The first kappa shape index (κ1) is 21.7. The van der Waals surface area contributed by atoms with E-state index in [0.717, 1.165) is 12.5 Å². The second-order valence-corrected chi connectivity index (χ2v) is 9.35.